The van der Waals surface area contributed by atoms with Crippen molar-refractivity contribution in [3.8, 4) is 0 Å². The maximum Gasteiger partial charge on any atom is 0.335 e. The number of pyridine rings is 1. The Bertz CT molecular complexity index is 861. The zero-order valence-corrected chi connectivity index (χ0v) is 14.5. The number of benzene rings is 1. The van der Waals surface area contributed by atoms with Crippen LogP contribution in [0.4, 0.5) is 5.69 Å². The summed E-state index contributed by atoms with van der Waals surface area (Å²) in [6, 6.07) is 9.81. The van der Waals surface area contributed by atoms with Gasteiger partial charge in [-0.1, -0.05) is 6.07 Å². The van der Waals surface area contributed by atoms with Crippen LogP contribution >= 0.6 is 0 Å². The molecule has 0 bridgehead atoms. The zero-order chi connectivity index (χ0) is 19.4. The lowest BCUT2D eigenvalue weighted by Gasteiger charge is -2.35. The first-order valence-corrected chi connectivity index (χ1v) is 8.45. The number of anilines is 1. The smallest absolute Gasteiger partial charge is 0.335 e. The van der Waals surface area contributed by atoms with E-state index in [-0.39, 0.29) is 37.7 Å². The van der Waals surface area contributed by atoms with Gasteiger partial charge in [-0.15, -0.1) is 0 Å². The second-order valence-electron chi connectivity index (χ2n) is 6.41. The largest absolute Gasteiger partial charge is 0.479 e. The van der Waals surface area contributed by atoms with Crippen LogP contribution < -0.4 is 5.32 Å². The molecule has 1 aromatic heterocycles. The minimum Gasteiger partial charge on any atom is -0.479 e. The van der Waals surface area contributed by atoms with Crippen molar-refractivity contribution in [2.45, 2.75) is 18.4 Å². The molecule has 3 N–H and O–H groups in total. The van der Waals surface area contributed by atoms with Crippen LogP contribution in [0.3, 0.4) is 0 Å². The SMILES string of the molecule is O=C(Nc1cccc(C(=O)N2CCC(O)(C(=O)O)CC2)c1)c1cccnc1. The maximum atomic E-state index is 12.7. The van der Waals surface area contributed by atoms with Crippen molar-refractivity contribution in [2.75, 3.05) is 18.4 Å². The van der Waals surface area contributed by atoms with Gasteiger partial charge >= 0.3 is 5.97 Å². The third-order valence-corrected chi connectivity index (χ3v) is 4.57. The quantitative estimate of drug-likeness (QED) is 0.749. The molecule has 140 valence electrons. The molecular weight excluding hydrogens is 350 g/mol. The molecule has 0 unspecified atom stereocenters. The van der Waals surface area contributed by atoms with Crippen LogP contribution in [0.2, 0.25) is 0 Å². The number of likely N-dealkylation sites (tertiary alicyclic amines) is 1. The normalized spacial score (nSPS) is 15.8. The summed E-state index contributed by atoms with van der Waals surface area (Å²) in [6.45, 7) is 0.293. The average Bonchev–Trinajstić information content (AvgIpc) is 2.69. The number of aliphatic hydroxyl groups is 1. The summed E-state index contributed by atoms with van der Waals surface area (Å²) in [5.41, 5.74) is -0.539. The van der Waals surface area contributed by atoms with E-state index in [1.165, 1.54) is 11.1 Å². The third kappa shape index (κ3) is 4.12. The topological polar surface area (TPSA) is 120 Å². The van der Waals surface area contributed by atoms with E-state index in [0.29, 0.717) is 16.8 Å². The van der Waals surface area contributed by atoms with E-state index in [4.69, 9.17) is 5.11 Å². The monoisotopic (exact) mass is 369 g/mol. The molecule has 8 nitrogen and oxygen atoms in total. The number of hydrogen-bond acceptors (Lipinski definition) is 5. The Labute approximate surface area is 155 Å². The summed E-state index contributed by atoms with van der Waals surface area (Å²) in [5.74, 6) is -1.88. The van der Waals surface area contributed by atoms with Gasteiger partial charge in [0.2, 0.25) is 0 Å². The third-order valence-electron chi connectivity index (χ3n) is 4.57. The van der Waals surface area contributed by atoms with Crippen LogP contribution in [-0.4, -0.2) is 56.6 Å². The number of nitrogens with one attached hydrogen (secondary N) is 1. The van der Waals surface area contributed by atoms with Gasteiger partial charge in [-0.05, 0) is 30.3 Å². The van der Waals surface area contributed by atoms with Crippen molar-refractivity contribution in [2.24, 2.45) is 0 Å². The lowest BCUT2D eigenvalue weighted by Crippen LogP contribution is -2.50. The molecule has 1 aliphatic rings. The number of piperidine rings is 1. The van der Waals surface area contributed by atoms with Crippen molar-refractivity contribution in [1.82, 2.24) is 9.88 Å². The minimum atomic E-state index is -1.78. The zero-order valence-electron chi connectivity index (χ0n) is 14.5. The number of nitrogens with zero attached hydrogens (tertiary/aromatic N) is 2. The number of carbonyl (C=O) groups is 3. The highest BCUT2D eigenvalue weighted by molar-refractivity contribution is 6.05. The standard InChI is InChI=1S/C19H19N3O5/c23-16(14-4-2-8-20-12-14)21-15-5-1-3-13(11-15)17(24)22-9-6-19(27,7-10-22)18(25)26/h1-5,8,11-12,27H,6-7,9-10H2,(H,21,23)(H,25,26). The van der Waals surface area contributed by atoms with Gasteiger partial charge in [0.15, 0.2) is 5.60 Å². The number of carboxylic acid groups (broad SMARTS) is 1. The summed E-state index contributed by atoms with van der Waals surface area (Å²) in [6.07, 6.45) is 2.97. The van der Waals surface area contributed by atoms with Crippen LogP contribution in [0.1, 0.15) is 33.6 Å². The molecule has 1 aromatic carbocycles. The van der Waals surface area contributed by atoms with Gasteiger partial charge in [-0.3, -0.25) is 14.6 Å². The molecule has 2 heterocycles. The second-order valence-corrected chi connectivity index (χ2v) is 6.41. The Hall–Kier alpha value is -3.26. The molecule has 0 atom stereocenters. The van der Waals surface area contributed by atoms with Gasteiger partial charge in [0.1, 0.15) is 0 Å². The molecule has 1 fully saturated rings. The van der Waals surface area contributed by atoms with Crippen LogP contribution in [-0.2, 0) is 4.79 Å². The van der Waals surface area contributed by atoms with Crippen LogP contribution in [0.15, 0.2) is 48.8 Å². The molecular formula is C19H19N3O5. The first-order chi connectivity index (χ1) is 12.9. The number of amides is 2. The molecule has 1 saturated heterocycles. The number of rotatable bonds is 4. The Kier molecular flexibility index (Phi) is 5.18. The number of hydrogen-bond donors (Lipinski definition) is 3. The highest BCUT2D eigenvalue weighted by atomic mass is 16.4. The molecule has 2 aromatic rings. The summed E-state index contributed by atoms with van der Waals surface area (Å²) in [7, 11) is 0. The van der Waals surface area contributed by atoms with Crippen LogP contribution in [0, 0.1) is 0 Å². The van der Waals surface area contributed by atoms with E-state index in [0.717, 1.165) is 0 Å². The van der Waals surface area contributed by atoms with Gasteiger partial charge < -0.3 is 20.4 Å². The van der Waals surface area contributed by atoms with Gasteiger partial charge in [0.25, 0.3) is 11.8 Å². The molecule has 0 radical (unpaired) electrons. The van der Waals surface area contributed by atoms with Crippen LogP contribution in [0.25, 0.3) is 0 Å². The first-order valence-electron chi connectivity index (χ1n) is 8.45. The molecule has 27 heavy (non-hydrogen) atoms. The predicted molar refractivity (Wildman–Crippen MR) is 96.4 cm³/mol. The van der Waals surface area contributed by atoms with Crippen molar-refractivity contribution in [1.29, 1.82) is 0 Å². The van der Waals surface area contributed by atoms with Crippen molar-refractivity contribution in [3.63, 3.8) is 0 Å². The van der Waals surface area contributed by atoms with Crippen molar-refractivity contribution >= 4 is 23.5 Å². The van der Waals surface area contributed by atoms with E-state index in [9.17, 15) is 19.5 Å². The fraction of sp³-hybridized carbons (Fsp3) is 0.263. The van der Waals surface area contributed by atoms with Gasteiger partial charge in [0.05, 0.1) is 5.56 Å². The fourth-order valence-corrected chi connectivity index (χ4v) is 2.91. The highest BCUT2D eigenvalue weighted by Crippen LogP contribution is 2.24. The molecule has 0 aliphatic carbocycles. The van der Waals surface area contributed by atoms with Crippen molar-refractivity contribution < 1.29 is 24.6 Å². The van der Waals surface area contributed by atoms with Gasteiger partial charge in [-0.25, -0.2) is 4.79 Å². The highest BCUT2D eigenvalue weighted by Gasteiger charge is 2.40. The lowest BCUT2D eigenvalue weighted by atomic mass is 9.91. The molecule has 2 amide bonds. The number of aliphatic carboxylic acids is 1. The minimum absolute atomic E-state index is 0.0223. The summed E-state index contributed by atoms with van der Waals surface area (Å²) in [5, 5.41) is 21.8. The van der Waals surface area contributed by atoms with E-state index in [1.807, 2.05) is 0 Å². The Morgan fingerprint density at radius 2 is 1.78 bits per heavy atom. The van der Waals surface area contributed by atoms with Gasteiger partial charge in [-0.2, -0.15) is 0 Å². The van der Waals surface area contributed by atoms with Crippen molar-refractivity contribution in [3.05, 3.63) is 59.9 Å². The molecule has 0 saturated carbocycles. The predicted octanol–water partition coefficient (Wildman–Crippen LogP) is 1.39. The molecule has 1 aliphatic heterocycles. The van der Waals surface area contributed by atoms with E-state index in [2.05, 4.69) is 10.3 Å². The van der Waals surface area contributed by atoms with E-state index in [1.54, 1.807) is 42.6 Å². The summed E-state index contributed by atoms with van der Waals surface area (Å²) < 4.78 is 0. The summed E-state index contributed by atoms with van der Waals surface area (Å²) in [4.78, 5) is 41.3. The summed E-state index contributed by atoms with van der Waals surface area (Å²) >= 11 is 0. The lowest BCUT2D eigenvalue weighted by molar-refractivity contribution is -0.162. The van der Waals surface area contributed by atoms with E-state index < -0.39 is 11.6 Å². The average molecular weight is 369 g/mol. The maximum absolute atomic E-state index is 12.7. The van der Waals surface area contributed by atoms with Gasteiger partial charge in [0, 0.05) is 49.6 Å². The van der Waals surface area contributed by atoms with E-state index >= 15 is 0 Å². The second kappa shape index (κ2) is 7.55. The Morgan fingerprint density at radius 1 is 1.07 bits per heavy atom. The Balaban J connectivity index is 1.68. The molecule has 3 rings (SSSR count). The van der Waals surface area contributed by atoms with Crippen LogP contribution in [0.5, 0.6) is 0 Å². The fourth-order valence-electron chi connectivity index (χ4n) is 2.91. The Morgan fingerprint density at radius 3 is 2.41 bits per heavy atom. The molecule has 8 heteroatoms. The number of aromatic nitrogens is 1. The number of carbonyl (C=O) groups excluding carboxylic acids is 2. The molecule has 0 spiro atoms. The number of carboxylic acids is 1. The first kappa shape index (κ1) is 18.5.